The Kier molecular flexibility index (Phi) is 6.29. The predicted octanol–water partition coefficient (Wildman–Crippen LogP) is 4.71. The summed E-state index contributed by atoms with van der Waals surface area (Å²) in [5.41, 5.74) is 0.505. The molecule has 4 rings (SSSR count). The fourth-order valence-electron chi connectivity index (χ4n) is 4.46. The van der Waals surface area contributed by atoms with Crippen molar-refractivity contribution in [3.8, 4) is 11.5 Å². The van der Waals surface area contributed by atoms with E-state index < -0.39 is 43.4 Å². The molecular formula is C25H30F2N2O5Si. The van der Waals surface area contributed by atoms with E-state index in [1.807, 2.05) is 19.6 Å². The van der Waals surface area contributed by atoms with Crippen LogP contribution in [-0.4, -0.2) is 43.9 Å². The first-order chi connectivity index (χ1) is 16.3. The fourth-order valence-corrected chi connectivity index (χ4v) is 6.04. The third-order valence-corrected chi connectivity index (χ3v) is 7.80. The molecule has 2 aliphatic rings. The maximum Gasteiger partial charge on any atom is 0.411 e. The van der Waals surface area contributed by atoms with Crippen LogP contribution in [0.15, 0.2) is 24.3 Å². The Bertz CT molecular complexity index is 1170. The maximum atomic E-state index is 14.8. The summed E-state index contributed by atoms with van der Waals surface area (Å²) in [5, 5.41) is 2.67. The lowest BCUT2D eigenvalue weighted by Crippen LogP contribution is -2.47. The zero-order chi connectivity index (χ0) is 25.7. The molecule has 2 aromatic rings. The maximum absolute atomic E-state index is 14.8. The standard InChI is InChI=1S/C25H30F2N2O5Si/c1-25(2,3)34-24(31)29-10-9-16-15(7-8-19-21(16)33-13-32-19)20(29)23(30)28-14-11-17(26)22(18(27)12-14)35(4,5)6/h7-8,11-12,20H,9-10,13H2,1-6H3,(H,28,30)/t20-/m1/s1. The average molecular weight is 505 g/mol. The molecule has 1 N–H and O–H groups in total. The Hall–Kier alpha value is -3.14. The van der Waals surface area contributed by atoms with Gasteiger partial charge in [0.1, 0.15) is 23.3 Å². The molecule has 0 aliphatic carbocycles. The zero-order valence-electron chi connectivity index (χ0n) is 20.8. The van der Waals surface area contributed by atoms with Crippen molar-refractivity contribution in [2.45, 2.75) is 58.5 Å². The molecule has 1 atom stereocenters. The van der Waals surface area contributed by atoms with Gasteiger partial charge in [-0.3, -0.25) is 9.69 Å². The number of carbonyl (C=O) groups is 2. The van der Waals surface area contributed by atoms with Crippen molar-refractivity contribution in [3.05, 3.63) is 47.0 Å². The highest BCUT2D eigenvalue weighted by Crippen LogP contribution is 2.43. The number of hydrogen-bond acceptors (Lipinski definition) is 5. The van der Waals surface area contributed by atoms with E-state index in [2.05, 4.69) is 5.32 Å². The van der Waals surface area contributed by atoms with Crippen LogP contribution in [0.5, 0.6) is 11.5 Å². The summed E-state index contributed by atoms with van der Waals surface area (Å²) >= 11 is 0. The minimum absolute atomic E-state index is 0.0241. The molecule has 0 aromatic heterocycles. The van der Waals surface area contributed by atoms with Gasteiger partial charge in [0.2, 0.25) is 6.79 Å². The van der Waals surface area contributed by atoms with Crippen LogP contribution in [0.25, 0.3) is 0 Å². The second kappa shape index (κ2) is 8.82. The minimum Gasteiger partial charge on any atom is -0.454 e. The van der Waals surface area contributed by atoms with Crippen molar-refractivity contribution in [1.82, 2.24) is 4.90 Å². The molecule has 0 saturated heterocycles. The average Bonchev–Trinajstić information content (AvgIpc) is 3.19. The molecular weight excluding hydrogens is 474 g/mol. The number of fused-ring (bicyclic) bond motifs is 3. The first kappa shape index (κ1) is 25.0. The van der Waals surface area contributed by atoms with Crippen molar-refractivity contribution in [1.29, 1.82) is 0 Å². The number of anilines is 1. The van der Waals surface area contributed by atoms with Crippen LogP contribution < -0.4 is 20.0 Å². The molecule has 0 saturated carbocycles. The van der Waals surface area contributed by atoms with Gasteiger partial charge in [-0.05, 0) is 51.0 Å². The predicted molar refractivity (Wildman–Crippen MR) is 130 cm³/mol. The highest BCUT2D eigenvalue weighted by atomic mass is 28.3. The second-order valence-corrected chi connectivity index (χ2v) is 15.7. The molecule has 2 aromatic carbocycles. The van der Waals surface area contributed by atoms with E-state index >= 15 is 0 Å². The van der Waals surface area contributed by atoms with Crippen molar-refractivity contribution in [2.24, 2.45) is 0 Å². The zero-order valence-corrected chi connectivity index (χ0v) is 21.8. The van der Waals surface area contributed by atoms with E-state index in [0.717, 1.165) is 17.7 Å². The molecule has 0 unspecified atom stereocenters. The van der Waals surface area contributed by atoms with Crippen molar-refractivity contribution in [2.75, 3.05) is 18.7 Å². The van der Waals surface area contributed by atoms with Gasteiger partial charge in [0, 0.05) is 23.0 Å². The van der Waals surface area contributed by atoms with Crippen LogP contribution in [0.1, 0.15) is 37.9 Å². The number of nitrogens with zero attached hydrogens (tertiary/aromatic N) is 1. The summed E-state index contributed by atoms with van der Waals surface area (Å²) in [5.74, 6) is -0.901. The number of rotatable bonds is 3. The first-order valence-electron chi connectivity index (χ1n) is 11.5. The van der Waals surface area contributed by atoms with Crippen molar-refractivity contribution in [3.63, 3.8) is 0 Å². The van der Waals surface area contributed by atoms with Crippen LogP contribution >= 0.6 is 0 Å². The van der Waals surface area contributed by atoms with Crippen LogP contribution in [0.2, 0.25) is 19.6 Å². The molecule has 35 heavy (non-hydrogen) atoms. The normalized spacial score (nSPS) is 17.1. The summed E-state index contributed by atoms with van der Waals surface area (Å²) in [7, 11) is -2.28. The number of hydrogen-bond donors (Lipinski definition) is 1. The lowest BCUT2D eigenvalue weighted by Gasteiger charge is -2.37. The van der Waals surface area contributed by atoms with Gasteiger partial charge in [-0.1, -0.05) is 25.7 Å². The topological polar surface area (TPSA) is 77.1 Å². The Morgan fingerprint density at radius 1 is 1.11 bits per heavy atom. The summed E-state index contributed by atoms with van der Waals surface area (Å²) in [4.78, 5) is 27.9. The lowest BCUT2D eigenvalue weighted by molar-refractivity contribution is -0.122. The third-order valence-electron chi connectivity index (χ3n) is 5.82. The van der Waals surface area contributed by atoms with Gasteiger partial charge in [-0.15, -0.1) is 0 Å². The van der Waals surface area contributed by atoms with E-state index in [9.17, 15) is 18.4 Å². The SMILES string of the molecule is CC(C)(C)OC(=O)N1CCc2c(ccc3c2OCO3)[C@@H]1C(=O)Nc1cc(F)c([Si](C)(C)C)c(F)c1. The molecule has 0 spiro atoms. The number of carbonyl (C=O) groups excluding carboxylic acids is 2. The second-order valence-electron chi connectivity index (χ2n) is 10.7. The Labute approximate surface area is 204 Å². The smallest absolute Gasteiger partial charge is 0.411 e. The van der Waals surface area contributed by atoms with Crippen LogP contribution in [-0.2, 0) is 16.0 Å². The van der Waals surface area contributed by atoms with E-state index in [1.165, 1.54) is 4.90 Å². The van der Waals surface area contributed by atoms with Gasteiger partial charge in [0.15, 0.2) is 11.5 Å². The molecule has 0 bridgehead atoms. The summed E-state index contributed by atoms with van der Waals surface area (Å²) in [6, 6.07) is 4.54. The molecule has 0 radical (unpaired) electrons. The molecule has 188 valence electrons. The van der Waals surface area contributed by atoms with Gasteiger partial charge in [0.25, 0.3) is 5.91 Å². The van der Waals surface area contributed by atoms with Crippen molar-refractivity contribution >= 4 is 30.9 Å². The highest BCUT2D eigenvalue weighted by molar-refractivity contribution is 6.88. The third kappa shape index (κ3) is 4.98. The summed E-state index contributed by atoms with van der Waals surface area (Å²) < 4.78 is 46.2. The van der Waals surface area contributed by atoms with E-state index in [0.29, 0.717) is 23.5 Å². The van der Waals surface area contributed by atoms with Gasteiger partial charge >= 0.3 is 6.09 Å². The highest BCUT2D eigenvalue weighted by Gasteiger charge is 2.40. The largest absolute Gasteiger partial charge is 0.454 e. The van der Waals surface area contributed by atoms with Gasteiger partial charge < -0.3 is 19.5 Å². The molecule has 0 fully saturated rings. The Morgan fingerprint density at radius 3 is 2.37 bits per heavy atom. The van der Waals surface area contributed by atoms with Crippen molar-refractivity contribution < 1.29 is 32.6 Å². The quantitative estimate of drug-likeness (QED) is 0.613. The number of halogens is 2. The number of nitrogens with one attached hydrogen (secondary N) is 1. The van der Waals surface area contributed by atoms with Crippen LogP contribution in [0, 0.1) is 11.6 Å². The monoisotopic (exact) mass is 504 g/mol. The summed E-state index contributed by atoms with van der Waals surface area (Å²) in [6.45, 7) is 11.0. The first-order valence-corrected chi connectivity index (χ1v) is 15.0. The van der Waals surface area contributed by atoms with E-state index in [1.54, 1.807) is 32.9 Å². The number of benzene rings is 2. The van der Waals surface area contributed by atoms with Gasteiger partial charge in [-0.2, -0.15) is 0 Å². The lowest BCUT2D eigenvalue weighted by atomic mass is 9.91. The minimum atomic E-state index is -2.28. The molecule has 2 heterocycles. The fraction of sp³-hybridized carbons (Fsp3) is 0.440. The van der Waals surface area contributed by atoms with E-state index in [4.69, 9.17) is 14.2 Å². The van der Waals surface area contributed by atoms with Crippen LogP contribution in [0.4, 0.5) is 19.3 Å². The molecule has 2 aliphatic heterocycles. The van der Waals surface area contributed by atoms with E-state index in [-0.39, 0.29) is 24.2 Å². The molecule has 10 heteroatoms. The van der Waals surface area contributed by atoms with Crippen LogP contribution in [0.3, 0.4) is 0 Å². The molecule has 7 nitrogen and oxygen atoms in total. The Balaban J connectivity index is 1.71. The summed E-state index contributed by atoms with van der Waals surface area (Å²) in [6.07, 6.45) is -0.230. The van der Waals surface area contributed by atoms with Gasteiger partial charge in [0.05, 0.1) is 8.07 Å². The Morgan fingerprint density at radius 2 is 1.77 bits per heavy atom. The molecule has 2 amide bonds. The number of ether oxygens (including phenoxy) is 3. The van der Waals surface area contributed by atoms with Gasteiger partial charge in [-0.25, -0.2) is 13.6 Å². The number of amides is 2.